The van der Waals surface area contributed by atoms with Gasteiger partial charge in [0.15, 0.2) is 5.75 Å². The van der Waals surface area contributed by atoms with Crippen molar-refractivity contribution in [3.8, 4) is 11.5 Å². The second-order valence-corrected chi connectivity index (χ2v) is 5.51. The topological polar surface area (TPSA) is 84.3 Å². The van der Waals surface area contributed by atoms with Gasteiger partial charge in [-0.2, -0.15) is 0 Å². The largest absolute Gasteiger partial charge is 0.505 e. The summed E-state index contributed by atoms with van der Waals surface area (Å²) in [5, 5.41) is 11.8. The molecule has 0 saturated carbocycles. The molecular weight excluding hydrogens is 337 g/mol. The van der Waals surface area contributed by atoms with Gasteiger partial charge >= 0.3 is 0 Å². The van der Waals surface area contributed by atoms with Crippen molar-refractivity contribution in [1.29, 1.82) is 0 Å². The Morgan fingerprint density at radius 3 is 2.50 bits per heavy atom. The number of aromatic nitrogens is 2. The molecule has 3 aromatic rings. The first kappa shape index (κ1) is 17.3. The third-order valence-corrected chi connectivity index (χ3v) is 3.51. The maximum Gasteiger partial charge on any atom is 0.289 e. The number of benzene rings is 2. The van der Waals surface area contributed by atoms with Gasteiger partial charge in [0.25, 0.3) is 5.91 Å². The van der Waals surface area contributed by atoms with Crippen LogP contribution in [0.4, 0.5) is 4.39 Å². The normalized spacial score (nSPS) is 10.3. The maximum absolute atomic E-state index is 13.1. The zero-order chi connectivity index (χ0) is 18.4. The van der Waals surface area contributed by atoms with Crippen LogP contribution in [0.1, 0.15) is 21.7 Å². The van der Waals surface area contributed by atoms with Crippen LogP contribution >= 0.6 is 0 Å². The number of hydrogen-bond donors (Lipinski definition) is 2. The van der Waals surface area contributed by atoms with E-state index in [2.05, 4.69) is 15.3 Å². The van der Waals surface area contributed by atoms with Gasteiger partial charge in [0, 0.05) is 6.54 Å². The Kier molecular flexibility index (Phi) is 5.38. The van der Waals surface area contributed by atoms with Gasteiger partial charge in [-0.05, 0) is 35.4 Å². The van der Waals surface area contributed by atoms with E-state index < -0.39 is 5.91 Å². The lowest BCUT2D eigenvalue weighted by Gasteiger charge is -2.08. The molecule has 0 bridgehead atoms. The summed E-state index contributed by atoms with van der Waals surface area (Å²) in [7, 11) is 0. The first-order valence-corrected chi connectivity index (χ1v) is 7.85. The molecule has 7 heteroatoms. The molecule has 1 amide bonds. The minimum absolute atomic E-state index is 0.0159. The predicted molar refractivity (Wildman–Crippen MR) is 92.0 cm³/mol. The Morgan fingerprint density at radius 2 is 1.81 bits per heavy atom. The molecule has 1 heterocycles. The van der Waals surface area contributed by atoms with Crippen molar-refractivity contribution in [2.24, 2.45) is 0 Å². The van der Waals surface area contributed by atoms with Crippen molar-refractivity contribution in [1.82, 2.24) is 15.3 Å². The molecule has 132 valence electrons. The highest BCUT2D eigenvalue weighted by Crippen LogP contribution is 2.15. The first-order valence-electron chi connectivity index (χ1n) is 7.85. The van der Waals surface area contributed by atoms with Crippen molar-refractivity contribution in [2.75, 3.05) is 0 Å². The second kappa shape index (κ2) is 8.06. The van der Waals surface area contributed by atoms with Crippen LogP contribution in [0.3, 0.4) is 0 Å². The molecule has 0 fully saturated rings. The van der Waals surface area contributed by atoms with Crippen LogP contribution < -0.4 is 10.1 Å². The van der Waals surface area contributed by atoms with Crippen molar-refractivity contribution in [3.05, 3.63) is 83.7 Å². The van der Waals surface area contributed by atoms with Crippen LogP contribution in [-0.2, 0) is 13.2 Å². The van der Waals surface area contributed by atoms with E-state index in [1.165, 1.54) is 12.1 Å². The molecule has 6 nitrogen and oxygen atoms in total. The summed E-state index contributed by atoms with van der Waals surface area (Å²) < 4.78 is 18.7. The quantitative estimate of drug-likeness (QED) is 0.712. The molecule has 26 heavy (non-hydrogen) atoms. The highest BCUT2D eigenvalue weighted by atomic mass is 19.1. The van der Waals surface area contributed by atoms with E-state index >= 15 is 0 Å². The molecule has 0 aliphatic heterocycles. The van der Waals surface area contributed by atoms with E-state index in [0.29, 0.717) is 12.3 Å². The number of carbonyl (C=O) groups is 1. The van der Waals surface area contributed by atoms with Crippen LogP contribution in [0.5, 0.6) is 11.5 Å². The van der Waals surface area contributed by atoms with E-state index in [1.54, 1.807) is 24.3 Å². The highest BCUT2D eigenvalue weighted by molar-refractivity contribution is 5.90. The first-order chi connectivity index (χ1) is 12.6. The standard InChI is InChI=1S/C19H16FN3O3/c20-15-3-1-2-14(8-15)12-26-17-6-4-13(5-7-17)9-23-19(25)18-21-10-16(24)11-22-18/h1-8,10-11,24H,9,12H2,(H,23,25). The molecule has 0 saturated heterocycles. The van der Waals surface area contributed by atoms with Crippen molar-refractivity contribution < 1.29 is 19.0 Å². The Bertz CT molecular complexity index is 883. The summed E-state index contributed by atoms with van der Waals surface area (Å²) in [6, 6.07) is 13.4. The van der Waals surface area contributed by atoms with Crippen molar-refractivity contribution in [3.63, 3.8) is 0 Å². The molecule has 0 aliphatic rings. The highest BCUT2D eigenvalue weighted by Gasteiger charge is 2.08. The van der Waals surface area contributed by atoms with Gasteiger partial charge in [0.2, 0.25) is 5.82 Å². The Morgan fingerprint density at radius 1 is 1.08 bits per heavy atom. The third kappa shape index (κ3) is 4.76. The molecule has 2 aromatic carbocycles. The SMILES string of the molecule is O=C(NCc1ccc(OCc2cccc(F)c2)cc1)c1ncc(O)cn1. The Balaban J connectivity index is 1.51. The summed E-state index contributed by atoms with van der Waals surface area (Å²) in [5.41, 5.74) is 1.62. The average Bonchev–Trinajstić information content (AvgIpc) is 2.66. The van der Waals surface area contributed by atoms with Gasteiger partial charge in [-0.15, -0.1) is 0 Å². The lowest BCUT2D eigenvalue weighted by atomic mass is 10.2. The Hall–Kier alpha value is -3.48. The third-order valence-electron chi connectivity index (χ3n) is 3.51. The van der Waals surface area contributed by atoms with Crippen LogP contribution in [0, 0.1) is 5.82 Å². The number of hydrogen-bond acceptors (Lipinski definition) is 5. The number of halogens is 1. The van der Waals surface area contributed by atoms with E-state index in [4.69, 9.17) is 9.84 Å². The lowest BCUT2D eigenvalue weighted by Crippen LogP contribution is -2.24. The van der Waals surface area contributed by atoms with Gasteiger partial charge in [0.1, 0.15) is 18.2 Å². The molecule has 0 aliphatic carbocycles. The smallest absolute Gasteiger partial charge is 0.289 e. The minimum atomic E-state index is -0.434. The maximum atomic E-state index is 13.1. The number of amides is 1. The summed E-state index contributed by atoms with van der Waals surface area (Å²) in [4.78, 5) is 19.4. The Labute approximate surface area is 149 Å². The zero-order valence-corrected chi connectivity index (χ0v) is 13.7. The lowest BCUT2D eigenvalue weighted by molar-refractivity contribution is 0.0940. The van der Waals surface area contributed by atoms with E-state index in [0.717, 1.165) is 23.5 Å². The summed E-state index contributed by atoms with van der Waals surface area (Å²) in [6.07, 6.45) is 2.32. The van der Waals surface area contributed by atoms with Crippen LogP contribution in [0.15, 0.2) is 60.9 Å². The fourth-order valence-electron chi connectivity index (χ4n) is 2.20. The molecule has 2 N–H and O–H groups in total. The van der Waals surface area contributed by atoms with Gasteiger partial charge < -0.3 is 15.2 Å². The van der Waals surface area contributed by atoms with E-state index in [9.17, 15) is 9.18 Å². The van der Waals surface area contributed by atoms with Gasteiger partial charge in [0.05, 0.1) is 12.4 Å². The number of carbonyl (C=O) groups excluding carboxylic acids is 1. The molecule has 3 rings (SSSR count). The van der Waals surface area contributed by atoms with Crippen LogP contribution in [0.25, 0.3) is 0 Å². The molecule has 0 atom stereocenters. The van der Waals surface area contributed by atoms with Crippen molar-refractivity contribution in [2.45, 2.75) is 13.2 Å². The summed E-state index contributed by atoms with van der Waals surface area (Å²) in [6.45, 7) is 0.569. The second-order valence-electron chi connectivity index (χ2n) is 5.51. The zero-order valence-electron chi connectivity index (χ0n) is 13.7. The number of nitrogens with zero attached hydrogens (tertiary/aromatic N) is 2. The fourth-order valence-corrected chi connectivity index (χ4v) is 2.20. The van der Waals surface area contributed by atoms with Gasteiger partial charge in [-0.25, -0.2) is 14.4 Å². The number of aromatic hydroxyl groups is 1. The van der Waals surface area contributed by atoms with Crippen molar-refractivity contribution >= 4 is 5.91 Å². The van der Waals surface area contributed by atoms with Gasteiger partial charge in [-0.1, -0.05) is 24.3 Å². The molecule has 1 aromatic heterocycles. The predicted octanol–water partition coefficient (Wildman–Crippen LogP) is 2.83. The summed E-state index contributed by atoms with van der Waals surface area (Å²) in [5.74, 6) is -0.203. The molecule has 0 spiro atoms. The van der Waals surface area contributed by atoms with Crippen LogP contribution in [-0.4, -0.2) is 21.0 Å². The molecular formula is C19H16FN3O3. The average molecular weight is 353 g/mol. The number of rotatable bonds is 6. The fraction of sp³-hybridized carbons (Fsp3) is 0.105. The van der Waals surface area contributed by atoms with Gasteiger partial charge in [-0.3, -0.25) is 4.79 Å². The summed E-state index contributed by atoms with van der Waals surface area (Å²) >= 11 is 0. The minimum Gasteiger partial charge on any atom is -0.505 e. The van der Waals surface area contributed by atoms with E-state index in [1.807, 2.05) is 12.1 Å². The monoisotopic (exact) mass is 353 g/mol. The van der Waals surface area contributed by atoms with Crippen LogP contribution in [0.2, 0.25) is 0 Å². The molecule has 0 unspecified atom stereocenters. The number of nitrogens with one attached hydrogen (secondary N) is 1. The number of ether oxygens (including phenoxy) is 1. The molecule has 0 radical (unpaired) electrons. The van der Waals surface area contributed by atoms with E-state index in [-0.39, 0.29) is 24.0 Å².